The third-order valence-electron chi connectivity index (χ3n) is 2.68. The van der Waals surface area contributed by atoms with E-state index in [-0.39, 0.29) is 11.4 Å². The Morgan fingerprint density at radius 1 is 0.897 bits per heavy atom. The van der Waals surface area contributed by atoms with Gasteiger partial charge in [0.25, 0.3) is 0 Å². The smallest absolute Gasteiger partial charge is 0.412 e. The van der Waals surface area contributed by atoms with Crippen LogP contribution >= 0.6 is 11.8 Å². The number of thioether (sulfide) groups is 1. The van der Waals surface area contributed by atoms with Crippen molar-refractivity contribution in [1.29, 1.82) is 0 Å². The summed E-state index contributed by atoms with van der Waals surface area (Å²) in [5.74, 6) is -1.50. The molecule has 11 heteroatoms. The van der Waals surface area contributed by atoms with Crippen LogP contribution < -0.4 is 10.6 Å². The van der Waals surface area contributed by atoms with Crippen molar-refractivity contribution in [2.24, 2.45) is 0 Å². The van der Waals surface area contributed by atoms with Gasteiger partial charge in [0, 0.05) is 11.2 Å². The van der Waals surface area contributed by atoms with E-state index in [0.717, 1.165) is 18.9 Å². The van der Waals surface area contributed by atoms with Crippen molar-refractivity contribution in [3.05, 3.63) is 11.1 Å². The van der Waals surface area contributed by atoms with Gasteiger partial charge in [-0.3, -0.25) is 5.32 Å². The van der Waals surface area contributed by atoms with Crippen molar-refractivity contribution < 1.29 is 38.1 Å². The lowest BCUT2D eigenvalue weighted by atomic mass is 10.2. The Morgan fingerprint density at radius 2 is 1.41 bits per heavy atom. The molecule has 2 N–H and O–H groups in total. The molecule has 0 saturated carbocycles. The molecule has 0 saturated heterocycles. The lowest BCUT2D eigenvalue weighted by Crippen LogP contribution is -2.45. The minimum Gasteiger partial charge on any atom is -0.467 e. The van der Waals surface area contributed by atoms with Gasteiger partial charge in [0.15, 0.2) is 0 Å². The molecule has 0 aromatic rings. The van der Waals surface area contributed by atoms with Gasteiger partial charge < -0.3 is 24.3 Å². The second kappa shape index (κ2) is 11.5. The lowest BCUT2D eigenvalue weighted by molar-refractivity contribution is -0.142. The average molecular weight is 435 g/mol. The highest BCUT2D eigenvalue weighted by Gasteiger charge is 2.25. The van der Waals surface area contributed by atoms with Crippen LogP contribution in [-0.2, 0) is 28.5 Å². The molecule has 0 aromatic heterocycles. The van der Waals surface area contributed by atoms with Crippen LogP contribution in [0, 0.1) is 0 Å². The Kier molecular flexibility index (Phi) is 10.6. The molecule has 0 unspecified atom stereocenters. The van der Waals surface area contributed by atoms with Gasteiger partial charge in [-0.15, -0.1) is 11.8 Å². The first-order valence-corrected chi connectivity index (χ1v) is 9.71. The van der Waals surface area contributed by atoms with Crippen molar-refractivity contribution in [2.45, 2.75) is 58.8 Å². The van der Waals surface area contributed by atoms with Crippen molar-refractivity contribution in [3.63, 3.8) is 0 Å². The maximum absolute atomic E-state index is 11.9. The summed E-state index contributed by atoms with van der Waals surface area (Å²) < 4.78 is 19.5. The lowest BCUT2D eigenvalue weighted by Gasteiger charge is -2.22. The molecule has 29 heavy (non-hydrogen) atoms. The van der Waals surface area contributed by atoms with Gasteiger partial charge in [-0.05, 0) is 41.5 Å². The number of rotatable bonds is 7. The highest BCUT2D eigenvalue weighted by atomic mass is 32.2. The minimum absolute atomic E-state index is 0.00239. The number of methoxy groups -OCH3 is 2. The first kappa shape index (κ1) is 26.6. The normalized spacial score (nSPS) is 13.0. The third kappa shape index (κ3) is 12.6. The summed E-state index contributed by atoms with van der Waals surface area (Å²) in [7, 11) is 2.33. The van der Waals surface area contributed by atoms with Gasteiger partial charge in [-0.25, -0.2) is 19.2 Å². The number of esters is 2. The summed E-state index contributed by atoms with van der Waals surface area (Å²) >= 11 is 0.973. The van der Waals surface area contributed by atoms with Crippen LogP contribution in [0.1, 0.15) is 41.5 Å². The molecule has 166 valence electrons. The Hall–Kier alpha value is -2.43. The van der Waals surface area contributed by atoms with Crippen molar-refractivity contribution in [1.82, 2.24) is 10.6 Å². The molecule has 1 atom stereocenters. The van der Waals surface area contributed by atoms with Crippen molar-refractivity contribution in [3.8, 4) is 0 Å². The van der Waals surface area contributed by atoms with Crippen LogP contribution in [0.3, 0.4) is 0 Å². The Balaban J connectivity index is 5.12. The molecule has 0 spiro atoms. The number of carbonyl (C=O) groups excluding carboxylic acids is 4. The molecule has 2 amide bonds. The summed E-state index contributed by atoms with van der Waals surface area (Å²) in [5, 5.41) is 5.97. The van der Waals surface area contributed by atoms with E-state index in [1.54, 1.807) is 41.5 Å². The molecule has 0 rings (SSSR count). The van der Waals surface area contributed by atoms with Crippen LogP contribution in [0.5, 0.6) is 0 Å². The van der Waals surface area contributed by atoms with Gasteiger partial charge in [-0.2, -0.15) is 0 Å². The quantitative estimate of drug-likeness (QED) is 0.352. The predicted octanol–water partition coefficient (Wildman–Crippen LogP) is 2.33. The minimum atomic E-state index is -1.04. The molecular weight excluding hydrogens is 404 g/mol. The number of hydrogen-bond acceptors (Lipinski definition) is 9. The zero-order valence-electron chi connectivity index (χ0n) is 18.0. The number of ether oxygens (including phenoxy) is 4. The van der Waals surface area contributed by atoms with Gasteiger partial charge in [0.2, 0.25) is 0 Å². The largest absolute Gasteiger partial charge is 0.467 e. The molecule has 0 heterocycles. The highest BCUT2D eigenvalue weighted by Crippen LogP contribution is 2.13. The molecule has 0 fully saturated rings. The Labute approximate surface area is 175 Å². The molecule has 0 aliphatic rings. The van der Waals surface area contributed by atoms with Crippen LogP contribution in [0.15, 0.2) is 11.1 Å². The van der Waals surface area contributed by atoms with E-state index in [1.807, 2.05) is 0 Å². The van der Waals surface area contributed by atoms with E-state index in [2.05, 4.69) is 20.1 Å². The van der Waals surface area contributed by atoms with Crippen molar-refractivity contribution >= 4 is 35.9 Å². The predicted molar refractivity (Wildman–Crippen MR) is 107 cm³/mol. The van der Waals surface area contributed by atoms with Crippen molar-refractivity contribution in [2.75, 3.05) is 20.0 Å². The van der Waals surface area contributed by atoms with E-state index in [0.29, 0.717) is 0 Å². The number of amides is 2. The maximum atomic E-state index is 11.9. The third-order valence-corrected chi connectivity index (χ3v) is 3.61. The van der Waals surface area contributed by atoms with E-state index in [1.165, 1.54) is 12.5 Å². The zero-order valence-corrected chi connectivity index (χ0v) is 18.9. The molecule has 0 bridgehead atoms. The fourth-order valence-electron chi connectivity index (χ4n) is 1.64. The summed E-state index contributed by atoms with van der Waals surface area (Å²) in [6.07, 6.45) is -1.64. The van der Waals surface area contributed by atoms with E-state index in [4.69, 9.17) is 9.47 Å². The molecule has 0 radical (unpaired) electrons. The second-order valence-electron chi connectivity index (χ2n) is 7.71. The highest BCUT2D eigenvalue weighted by molar-refractivity contribution is 8.02. The van der Waals surface area contributed by atoms with Gasteiger partial charge >= 0.3 is 24.1 Å². The molecular formula is C18H30N2O8S. The van der Waals surface area contributed by atoms with E-state index >= 15 is 0 Å². The fourth-order valence-corrected chi connectivity index (χ4v) is 2.47. The number of carbonyl (C=O) groups is 4. The van der Waals surface area contributed by atoms with Crippen LogP contribution in [0.25, 0.3) is 0 Å². The summed E-state index contributed by atoms with van der Waals surface area (Å²) in [6, 6.07) is -1.04. The molecule has 0 aliphatic carbocycles. The molecule has 0 aliphatic heterocycles. The summed E-state index contributed by atoms with van der Waals surface area (Å²) in [5.41, 5.74) is -1.69. The van der Waals surface area contributed by atoms with Crippen LogP contribution in [0.2, 0.25) is 0 Å². The number of hydrogen-bond donors (Lipinski definition) is 2. The van der Waals surface area contributed by atoms with Crippen LogP contribution in [-0.4, -0.2) is 61.3 Å². The first-order valence-electron chi connectivity index (χ1n) is 8.66. The van der Waals surface area contributed by atoms with Crippen LogP contribution in [0.4, 0.5) is 9.59 Å². The van der Waals surface area contributed by atoms with Gasteiger partial charge in [-0.1, -0.05) is 0 Å². The summed E-state index contributed by atoms with van der Waals surface area (Å²) in [6.45, 7) is 10.1. The first-order chi connectivity index (χ1) is 13.2. The second-order valence-corrected chi connectivity index (χ2v) is 8.61. The SMILES string of the molecule is COC(=O)/C(=C\SC[C@H](NC(=O)OC(C)(C)C)C(=O)OC)NC(=O)OC(C)(C)C. The topological polar surface area (TPSA) is 129 Å². The van der Waals surface area contributed by atoms with E-state index in [9.17, 15) is 19.2 Å². The Morgan fingerprint density at radius 3 is 1.86 bits per heavy atom. The number of alkyl carbamates (subject to hydrolysis) is 2. The average Bonchev–Trinajstić information content (AvgIpc) is 2.55. The number of nitrogens with one attached hydrogen (secondary N) is 2. The summed E-state index contributed by atoms with van der Waals surface area (Å²) in [4.78, 5) is 47.5. The molecule has 10 nitrogen and oxygen atoms in total. The Bertz CT molecular complexity index is 635. The molecule has 0 aromatic carbocycles. The van der Waals surface area contributed by atoms with E-state index < -0.39 is 41.4 Å². The monoisotopic (exact) mass is 434 g/mol. The standard InChI is InChI=1S/C18H30N2O8S/c1-17(2,3)27-15(23)19-11(13(21)25-7)9-29-10-12(14(22)26-8)20-16(24)28-18(4,5)6/h9,12H,10H2,1-8H3,(H,19,23)(H,20,24)/b11-9+/t12-/m0/s1. The fraction of sp³-hybridized carbons (Fsp3) is 0.667. The maximum Gasteiger partial charge on any atom is 0.412 e. The van der Waals surface area contributed by atoms with Gasteiger partial charge in [0.05, 0.1) is 14.2 Å². The van der Waals surface area contributed by atoms with Gasteiger partial charge in [0.1, 0.15) is 22.9 Å². The zero-order chi connectivity index (χ0) is 22.8.